The molecular formula is C16H18ClN3OS. The summed E-state index contributed by atoms with van der Waals surface area (Å²) in [6.45, 7) is 2.09. The number of piperidine rings is 1. The molecule has 0 unspecified atom stereocenters. The van der Waals surface area contributed by atoms with E-state index in [1.807, 2.05) is 12.1 Å². The second-order valence-electron chi connectivity index (χ2n) is 5.28. The number of pyridine rings is 1. The van der Waals surface area contributed by atoms with Crippen molar-refractivity contribution in [1.82, 2.24) is 4.98 Å². The van der Waals surface area contributed by atoms with Crippen LogP contribution in [-0.2, 0) is 0 Å². The van der Waals surface area contributed by atoms with Gasteiger partial charge in [0.25, 0.3) is 0 Å². The maximum Gasteiger partial charge on any atom is 0.136 e. The molecule has 1 fully saturated rings. The molecule has 2 heterocycles. The Balaban J connectivity index is 1.47. The van der Waals surface area contributed by atoms with Crippen LogP contribution in [0.4, 0.5) is 11.5 Å². The van der Waals surface area contributed by atoms with Gasteiger partial charge in [0.05, 0.1) is 6.20 Å². The molecule has 116 valence electrons. The summed E-state index contributed by atoms with van der Waals surface area (Å²) in [5.41, 5.74) is 1.24. The first-order valence-electron chi connectivity index (χ1n) is 7.28. The minimum Gasteiger partial charge on any atom is -0.506 e. The van der Waals surface area contributed by atoms with E-state index in [1.54, 1.807) is 24.1 Å². The molecule has 0 spiro atoms. The Morgan fingerprint density at radius 1 is 1.14 bits per heavy atom. The quantitative estimate of drug-likeness (QED) is 0.821. The summed E-state index contributed by atoms with van der Waals surface area (Å²) in [5.74, 6) is 0.967. The van der Waals surface area contributed by atoms with Crippen molar-refractivity contribution in [3.63, 3.8) is 0 Å². The molecule has 1 saturated heterocycles. The lowest BCUT2D eigenvalue weighted by Crippen LogP contribution is -2.35. The highest BCUT2D eigenvalue weighted by atomic mass is 35.5. The SMILES string of the molecule is Oc1ccc(NSC2CCN(c3ccc(Cl)cc3)CC2)nc1. The van der Waals surface area contributed by atoms with Crippen LogP contribution < -0.4 is 9.62 Å². The summed E-state index contributed by atoms with van der Waals surface area (Å²) < 4.78 is 3.26. The lowest BCUT2D eigenvalue weighted by atomic mass is 10.1. The lowest BCUT2D eigenvalue weighted by Gasteiger charge is -2.33. The molecule has 1 aliphatic rings. The molecule has 0 amide bonds. The van der Waals surface area contributed by atoms with Crippen LogP contribution in [-0.4, -0.2) is 28.4 Å². The number of benzene rings is 1. The van der Waals surface area contributed by atoms with Gasteiger partial charge in [0.15, 0.2) is 0 Å². The van der Waals surface area contributed by atoms with Crippen molar-refractivity contribution < 1.29 is 5.11 Å². The number of aromatic nitrogens is 1. The number of aromatic hydroxyl groups is 1. The molecular weight excluding hydrogens is 318 g/mol. The van der Waals surface area contributed by atoms with E-state index in [1.165, 1.54) is 11.9 Å². The smallest absolute Gasteiger partial charge is 0.136 e. The summed E-state index contributed by atoms with van der Waals surface area (Å²) >= 11 is 7.65. The Morgan fingerprint density at radius 2 is 1.86 bits per heavy atom. The Hall–Kier alpha value is -1.59. The highest BCUT2D eigenvalue weighted by Crippen LogP contribution is 2.28. The van der Waals surface area contributed by atoms with Crippen molar-refractivity contribution in [3.8, 4) is 5.75 Å². The summed E-state index contributed by atoms with van der Waals surface area (Å²) in [5, 5.41) is 10.6. The molecule has 0 bridgehead atoms. The standard InChI is InChI=1S/C16H18ClN3OS/c17-12-1-3-13(4-2-12)20-9-7-15(8-10-20)22-19-16-6-5-14(21)11-18-16/h1-6,11,15,21H,7-10H2,(H,18,19). The van der Waals surface area contributed by atoms with E-state index in [-0.39, 0.29) is 5.75 Å². The van der Waals surface area contributed by atoms with E-state index in [0.29, 0.717) is 5.25 Å². The van der Waals surface area contributed by atoms with Crippen LogP contribution in [0.25, 0.3) is 0 Å². The molecule has 1 aromatic heterocycles. The Labute approximate surface area is 139 Å². The molecule has 2 aromatic rings. The number of hydrogen-bond donors (Lipinski definition) is 2. The van der Waals surface area contributed by atoms with E-state index in [0.717, 1.165) is 36.8 Å². The maximum absolute atomic E-state index is 9.22. The van der Waals surface area contributed by atoms with Crippen LogP contribution in [0.15, 0.2) is 42.6 Å². The first-order chi connectivity index (χ1) is 10.7. The zero-order valence-electron chi connectivity index (χ0n) is 12.1. The molecule has 0 aliphatic carbocycles. The molecule has 0 saturated carbocycles. The molecule has 3 rings (SSSR count). The lowest BCUT2D eigenvalue weighted by molar-refractivity contribution is 0.473. The van der Waals surface area contributed by atoms with E-state index in [4.69, 9.17) is 11.6 Å². The van der Waals surface area contributed by atoms with Crippen LogP contribution in [0.1, 0.15) is 12.8 Å². The number of hydrogen-bond acceptors (Lipinski definition) is 5. The van der Waals surface area contributed by atoms with Gasteiger partial charge in [0, 0.05) is 29.0 Å². The molecule has 0 atom stereocenters. The monoisotopic (exact) mass is 335 g/mol. The number of nitrogens with one attached hydrogen (secondary N) is 1. The van der Waals surface area contributed by atoms with Crippen LogP contribution in [0.3, 0.4) is 0 Å². The summed E-state index contributed by atoms with van der Waals surface area (Å²) in [6.07, 6.45) is 3.70. The van der Waals surface area contributed by atoms with Crippen molar-refractivity contribution in [2.24, 2.45) is 0 Å². The number of halogens is 1. The molecule has 2 N–H and O–H groups in total. The molecule has 1 aromatic carbocycles. The second kappa shape index (κ2) is 7.11. The molecule has 0 radical (unpaired) electrons. The van der Waals surface area contributed by atoms with Crippen molar-refractivity contribution in [2.45, 2.75) is 18.1 Å². The van der Waals surface area contributed by atoms with Gasteiger partial charge in [0.1, 0.15) is 11.6 Å². The highest BCUT2D eigenvalue weighted by Gasteiger charge is 2.20. The number of anilines is 2. The third-order valence-electron chi connectivity index (χ3n) is 3.71. The predicted octanol–water partition coefficient (Wildman–Crippen LogP) is 4.17. The van der Waals surface area contributed by atoms with Gasteiger partial charge >= 0.3 is 0 Å². The van der Waals surface area contributed by atoms with E-state index in [2.05, 4.69) is 26.7 Å². The minimum atomic E-state index is 0.187. The molecule has 6 heteroatoms. The van der Waals surface area contributed by atoms with E-state index < -0.39 is 0 Å². The topological polar surface area (TPSA) is 48.4 Å². The van der Waals surface area contributed by atoms with Gasteiger partial charge in [0.2, 0.25) is 0 Å². The van der Waals surface area contributed by atoms with Gasteiger partial charge < -0.3 is 14.7 Å². The summed E-state index contributed by atoms with van der Waals surface area (Å²) in [4.78, 5) is 6.52. The zero-order valence-corrected chi connectivity index (χ0v) is 13.6. The molecule has 4 nitrogen and oxygen atoms in total. The van der Waals surface area contributed by atoms with Gasteiger partial charge in [-0.1, -0.05) is 11.6 Å². The third-order valence-corrected chi connectivity index (χ3v) is 5.10. The fourth-order valence-electron chi connectivity index (χ4n) is 2.47. The first kappa shape index (κ1) is 15.3. The second-order valence-corrected chi connectivity index (χ2v) is 6.83. The van der Waals surface area contributed by atoms with Crippen LogP contribution in [0.5, 0.6) is 5.75 Å². The fraction of sp³-hybridized carbons (Fsp3) is 0.312. The van der Waals surface area contributed by atoms with Gasteiger partial charge in [-0.2, -0.15) is 0 Å². The Morgan fingerprint density at radius 3 is 2.50 bits per heavy atom. The van der Waals surface area contributed by atoms with Crippen LogP contribution in [0.2, 0.25) is 5.02 Å². The van der Waals surface area contributed by atoms with Gasteiger partial charge in [-0.05, 0) is 61.2 Å². The van der Waals surface area contributed by atoms with Crippen LogP contribution >= 0.6 is 23.5 Å². The summed E-state index contributed by atoms with van der Waals surface area (Å²) in [7, 11) is 0. The Kier molecular flexibility index (Phi) is 4.95. The third kappa shape index (κ3) is 3.99. The number of rotatable bonds is 4. The minimum absolute atomic E-state index is 0.187. The van der Waals surface area contributed by atoms with Gasteiger partial charge in [-0.3, -0.25) is 0 Å². The van der Waals surface area contributed by atoms with Crippen molar-refractivity contribution in [3.05, 3.63) is 47.6 Å². The van der Waals surface area contributed by atoms with Crippen molar-refractivity contribution in [2.75, 3.05) is 22.7 Å². The van der Waals surface area contributed by atoms with Gasteiger partial charge in [-0.15, -0.1) is 0 Å². The average molecular weight is 336 g/mol. The summed E-state index contributed by atoms with van der Waals surface area (Å²) in [6, 6.07) is 11.5. The van der Waals surface area contributed by atoms with Crippen molar-refractivity contribution in [1.29, 1.82) is 0 Å². The van der Waals surface area contributed by atoms with E-state index in [9.17, 15) is 5.11 Å². The average Bonchev–Trinajstić information content (AvgIpc) is 2.56. The van der Waals surface area contributed by atoms with Crippen LogP contribution in [0, 0.1) is 0 Å². The number of nitrogens with zero attached hydrogens (tertiary/aromatic N) is 2. The zero-order chi connectivity index (χ0) is 15.4. The largest absolute Gasteiger partial charge is 0.506 e. The predicted molar refractivity (Wildman–Crippen MR) is 93.8 cm³/mol. The fourth-order valence-corrected chi connectivity index (χ4v) is 3.45. The maximum atomic E-state index is 9.22. The highest BCUT2D eigenvalue weighted by molar-refractivity contribution is 8.01. The molecule has 22 heavy (non-hydrogen) atoms. The van der Waals surface area contributed by atoms with E-state index >= 15 is 0 Å². The molecule has 1 aliphatic heterocycles. The van der Waals surface area contributed by atoms with Crippen molar-refractivity contribution >= 4 is 35.1 Å². The van der Waals surface area contributed by atoms with Gasteiger partial charge in [-0.25, -0.2) is 4.98 Å². The Bertz CT molecular complexity index is 598. The first-order valence-corrected chi connectivity index (χ1v) is 8.54. The normalized spacial score (nSPS) is 15.8.